The highest BCUT2D eigenvalue weighted by atomic mass is 16.4. The van der Waals surface area contributed by atoms with E-state index in [2.05, 4.69) is 21.3 Å². The lowest BCUT2D eigenvalue weighted by atomic mass is 10.0. The second-order valence-corrected chi connectivity index (χ2v) is 11.5. The van der Waals surface area contributed by atoms with Gasteiger partial charge in [0.2, 0.25) is 29.5 Å². The summed E-state index contributed by atoms with van der Waals surface area (Å²) in [6, 6.07) is -5.31. The normalized spacial score (nSPS) is 20.4. The van der Waals surface area contributed by atoms with Crippen LogP contribution in [0.4, 0.5) is 0 Å². The number of aliphatic carboxylic acids is 1. The number of unbranched alkanes of at least 4 members (excludes halogenated alkanes) is 1. The summed E-state index contributed by atoms with van der Waals surface area (Å²) >= 11 is 0. The van der Waals surface area contributed by atoms with E-state index in [-0.39, 0.29) is 38.4 Å². The molecule has 0 spiro atoms. The highest BCUT2D eigenvalue weighted by Gasteiger charge is 2.44. The van der Waals surface area contributed by atoms with Crippen molar-refractivity contribution in [1.82, 2.24) is 31.1 Å². The van der Waals surface area contributed by atoms with Crippen molar-refractivity contribution in [2.75, 3.05) is 26.2 Å². The molecular formula is C28H49N9O8. The molecule has 2 aliphatic rings. The van der Waals surface area contributed by atoms with E-state index in [1.807, 2.05) is 0 Å². The lowest BCUT2D eigenvalue weighted by Gasteiger charge is -2.33. The Balaban J connectivity index is 2.16. The number of hydrogen-bond donors (Lipinski definition) is 9. The van der Waals surface area contributed by atoms with Gasteiger partial charge in [-0.15, -0.1) is 0 Å². The van der Waals surface area contributed by atoms with Gasteiger partial charge in [0, 0.05) is 26.6 Å². The molecule has 2 heterocycles. The monoisotopic (exact) mass is 639 g/mol. The van der Waals surface area contributed by atoms with Gasteiger partial charge in [0.1, 0.15) is 30.2 Å². The van der Waals surface area contributed by atoms with Crippen LogP contribution in [0.1, 0.15) is 71.6 Å². The second kappa shape index (κ2) is 18.1. The number of carbonyl (C=O) groups is 6. The molecule has 2 fully saturated rings. The summed E-state index contributed by atoms with van der Waals surface area (Å²) in [5.41, 5.74) is 10.9. The lowest BCUT2D eigenvalue weighted by molar-refractivity contribution is -0.149. The molecule has 0 saturated carbocycles. The van der Waals surface area contributed by atoms with E-state index in [1.54, 1.807) is 0 Å². The first-order valence-electron chi connectivity index (χ1n) is 15.5. The number of nitrogens with one attached hydrogen (secondary N) is 5. The van der Waals surface area contributed by atoms with Crippen molar-refractivity contribution in [2.45, 2.75) is 108 Å². The molecule has 2 rings (SSSR count). The van der Waals surface area contributed by atoms with E-state index in [0.29, 0.717) is 51.5 Å². The zero-order chi connectivity index (χ0) is 33.7. The van der Waals surface area contributed by atoms with Gasteiger partial charge < -0.3 is 52.7 Å². The van der Waals surface area contributed by atoms with Gasteiger partial charge in [-0.3, -0.25) is 29.4 Å². The van der Waals surface area contributed by atoms with Gasteiger partial charge in [0.15, 0.2) is 5.96 Å². The van der Waals surface area contributed by atoms with Crippen LogP contribution in [0.5, 0.6) is 0 Å². The summed E-state index contributed by atoms with van der Waals surface area (Å²) in [6.45, 7) is 3.69. The third-order valence-corrected chi connectivity index (χ3v) is 7.94. The van der Waals surface area contributed by atoms with Gasteiger partial charge >= 0.3 is 5.97 Å². The van der Waals surface area contributed by atoms with E-state index in [9.17, 15) is 39.0 Å². The summed E-state index contributed by atoms with van der Waals surface area (Å²) < 4.78 is 0. The third kappa shape index (κ3) is 11.1. The zero-order valence-corrected chi connectivity index (χ0v) is 26.0. The topological polar surface area (TPSA) is 273 Å². The van der Waals surface area contributed by atoms with Crippen molar-refractivity contribution in [3.05, 3.63) is 0 Å². The molecule has 0 bridgehead atoms. The highest BCUT2D eigenvalue weighted by molar-refractivity contribution is 5.96. The zero-order valence-electron chi connectivity index (χ0n) is 26.0. The molecule has 45 heavy (non-hydrogen) atoms. The van der Waals surface area contributed by atoms with Crippen LogP contribution in [-0.4, -0.2) is 124 Å². The molecular weight excluding hydrogens is 590 g/mol. The number of carboxylic acids is 1. The molecule has 17 heteroatoms. The average molecular weight is 640 g/mol. The molecule has 17 nitrogen and oxygen atoms in total. The van der Waals surface area contributed by atoms with Gasteiger partial charge in [0.05, 0.1) is 6.10 Å². The number of hydrogen-bond acceptors (Lipinski definition) is 9. The number of rotatable bonds is 17. The largest absolute Gasteiger partial charge is 0.480 e. The van der Waals surface area contributed by atoms with Gasteiger partial charge in [-0.25, -0.2) is 4.79 Å². The second-order valence-electron chi connectivity index (χ2n) is 11.5. The predicted octanol–water partition coefficient (Wildman–Crippen LogP) is -2.70. The Bertz CT molecular complexity index is 1090. The number of guanidine groups is 1. The van der Waals surface area contributed by atoms with Crippen LogP contribution in [0.25, 0.3) is 0 Å². The fraction of sp³-hybridized carbons (Fsp3) is 0.750. The predicted molar refractivity (Wildman–Crippen MR) is 162 cm³/mol. The average Bonchev–Trinajstić information content (AvgIpc) is 3.66. The number of carboxylic acid groups (broad SMARTS) is 1. The molecule has 0 aromatic rings. The Hall–Kier alpha value is -3.99. The molecule has 254 valence electrons. The van der Waals surface area contributed by atoms with Crippen molar-refractivity contribution >= 4 is 41.5 Å². The van der Waals surface area contributed by atoms with E-state index in [4.69, 9.17) is 16.9 Å². The Labute approximate surface area is 262 Å². The Morgan fingerprint density at radius 1 is 0.911 bits per heavy atom. The summed E-state index contributed by atoms with van der Waals surface area (Å²) in [4.78, 5) is 80.0. The van der Waals surface area contributed by atoms with Crippen molar-refractivity contribution in [3.8, 4) is 0 Å². The van der Waals surface area contributed by atoms with Crippen LogP contribution in [0.15, 0.2) is 0 Å². The number of aliphatic hydroxyl groups is 1. The summed E-state index contributed by atoms with van der Waals surface area (Å²) in [5, 5.41) is 37.0. The van der Waals surface area contributed by atoms with Crippen molar-refractivity contribution in [2.24, 2.45) is 11.5 Å². The van der Waals surface area contributed by atoms with Crippen LogP contribution in [0.3, 0.4) is 0 Å². The summed E-state index contributed by atoms with van der Waals surface area (Å²) in [7, 11) is 0. The first-order valence-corrected chi connectivity index (χ1v) is 15.5. The molecule has 0 radical (unpaired) electrons. The van der Waals surface area contributed by atoms with Gasteiger partial charge in [-0.05, 0) is 71.3 Å². The van der Waals surface area contributed by atoms with E-state index in [1.165, 1.54) is 23.6 Å². The number of carbonyl (C=O) groups excluding carboxylic acids is 5. The molecule has 0 aliphatic carbocycles. The molecule has 11 N–H and O–H groups in total. The Morgan fingerprint density at radius 2 is 1.53 bits per heavy atom. The fourth-order valence-electron chi connectivity index (χ4n) is 5.67. The molecule has 0 aromatic heterocycles. The van der Waals surface area contributed by atoms with Crippen molar-refractivity contribution in [3.63, 3.8) is 0 Å². The number of nitrogens with zero attached hydrogens (tertiary/aromatic N) is 2. The van der Waals surface area contributed by atoms with Crippen LogP contribution in [0.2, 0.25) is 0 Å². The number of likely N-dealkylation sites (tertiary alicyclic amines) is 2. The van der Waals surface area contributed by atoms with Crippen LogP contribution < -0.4 is 32.7 Å². The Morgan fingerprint density at radius 3 is 2.11 bits per heavy atom. The third-order valence-electron chi connectivity index (χ3n) is 7.94. The number of amides is 5. The SMILES string of the molecule is CC(=O)N[C@H](C(=O)N[C@@H](CCCCN)C(=O)N1CCC[C@@H]1C(=O)N1CCCC1C(=O)N[C@@H](CCCNC(=N)N)C(=O)O)[C@@H](C)O. The quantitative estimate of drug-likeness (QED) is 0.0449. The molecule has 6 atom stereocenters. The van der Waals surface area contributed by atoms with E-state index in [0.717, 1.165) is 0 Å². The van der Waals surface area contributed by atoms with Gasteiger partial charge in [0.25, 0.3) is 0 Å². The maximum atomic E-state index is 13.8. The van der Waals surface area contributed by atoms with Crippen molar-refractivity contribution in [1.29, 1.82) is 5.41 Å². The number of aliphatic hydroxyl groups excluding tert-OH is 1. The minimum absolute atomic E-state index is 0.0854. The summed E-state index contributed by atoms with van der Waals surface area (Å²) in [5.74, 6) is -4.27. The van der Waals surface area contributed by atoms with Crippen LogP contribution in [0, 0.1) is 5.41 Å². The van der Waals surface area contributed by atoms with E-state index < -0.39 is 71.8 Å². The molecule has 5 amide bonds. The van der Waals surface area contributed by atoms with Crippen LogP contribution in [-0.2, 0) is 28.8 Å². The first-order chi connectivity index (χ1) is 21.3. The highest BCUT2D eigenvalue weighted by Crippen LogP contribution is 2.26. The van der Waals surface area contributed by atoms with Gasteiger partial charge in [-0.2, -0.15) is 0 Å². The molecule has 2 saturated heterocycles. The fourth-order valence-corrected chi connectivity index (χ4v) is 5.67. The summed E-state index contributed by atoms with van der Waals surface area (Å²) in [6.07, 6.45) is 2.22. The smallest absolute Gasteiger partial charge is 0.326 e. The first kappa shape index (κ1) is 37.2. The Kier molecular flexibility index (Phi) is 15.0. The standard InChI is InChI=1S/C28H49N9O8/c1-16(38)22(33-17(2)39)24(41)34-18(8-3-4-12-29)25(42)37-15-7-11-21(37)26(43)36-14-6-10-20(36)23(40)35-19(27(44)45)9-5-13-32-28(30)31/h16,18-22,38H,3-15,29H2,1-2H3,(H,33,39)(H,34,41)(H,35,40)(H,44,45)(H4,30,31,32)/t16-,18+,19+,20?,21-,22+/m1/s1. The maximum absolute atomic E-state index is 13.8. The maximum Gasteiger partial charge on any atom is 0.326 e. The van der Waals surface area contributed by atoms with E-state index >= 15 is 0 Å². The van der Waals surface area contributed by atoms with Gasteiger partial charge in [-0.1, -0.05) is 0 Å². The molecule has 2 aliphatic heterocycles. The van der Waals surface area contributed by atoms with Crippen LogP contribution >= 0.6 is 0 Å². The van der Waals surface area contributed by atoms with Crippen molar-refractivity contribution < 1.29 is 39.0 Å². The minimum Gasteiger partial charge on any atom is -0.480 e. The lowest BCUT2D eigenvalue weighted by Crippen LogP contribution is -2.59. The minimum atomic E-state index is -1.28. The molecule has 0 aromatic carbocycles. The number of nitrogens with two attached hydrogens (primary N) is 2. The molecule has 1 unspecified atom stereocenters.